The van der Waals surface area contributed by atoms with Crippen molar-refractivity contribution in [3.63, 3.8) is 0 Å². The van der Waals surface area contributed by atoms with Crippen molar-refractivity contribution in [2.75, 3.05) is 4.90 Å². The van der Waals surface area contributed by atoms with E-state index in [0.29, 0.717) is 5.95 Å². The number of anilines is 3. The summed E-state index contributed by atoms with van der Waals surface area (Å²) in [5.41, 5.74) is 4.75. The summed E-state index contributed by atoms with van der Waals surface area (Å²) >= 11 is 0. The predicted octanol–water partition coefficient (Wildman–Crippen LogP) is 6.44. The molecule has 0 amide bonds. The summed E-state index contributed by atoms with van der Waals surface area (Å²) in [7, 11) is 0. The second-order valence-corrected chi connectivity index (χ2v) is 7.47. The lowest BCUT2D eigenvalue weighted by Gasteiger charge is -2.24. The summed E-state index contributed by atoms with van der Waals surface area (Å²) in [6.07, 6.45) is 1.87. The van der Waals surface area contributed by atoms with Gasteiger partial charge in [0.05, 0.1) is 16.6 Å². The Hall–Kier alpha value is -4.51. The van der Waals surface area contributed by atoms with E-state index in [-0.39, 0.29) is 0 Å². The molecule has 0 aliphatic carbocycles. The van der Waals surface area contributed by atoms with Gasteiger partial charge in [-0.1, -0.05) is 66.7 Å². The number of aromatic nitrogens is 4. The Bertz CT molecular complexity index is 1480. The monoisotopic (exact) mass is 413 g/mol. The lowest BCUT2D eigenvalue weighted by molar-refractivity contribution is 0.947. The molecule has 0 spiro atoms. The number of benzene rings is 4. The minimum Gasteiger partial charge on any atom is -0.280 e. The maximum Gasteiger partial charge on any atom is 0.237 e. The van der Waals surface area contributed by atoms with Gasteiger partial charge in [0.25, 0.3) is 0 Å². The van der Waals surface area contributed by atoms with Gasteiger partial charge >= 0.3 is 0 Å². The Morgan fingerprint density at radius 1 is 0.562 bits per heavy atom. The van der Waals surface area contributed by atoms with Gasteiger partial charge in [-0.15, -0.1) is 0 Å². The molecule has 0 fully saturated rings. The fraction of sp³-hybridized carbons (Fsp3) is 0. The maximum atomic E-state index is 5.03. The van der Waals surface area contributed by atoms with Crippen LogP contribution in [0.3, 0.4) is 0 Å². The van der Waals surface area contributed by atoms with Crippen molar-refractivity contribution < 1.29 is 0 Å². The molecule has 2 heterocycles. The van der Waals surface area contributed by atoms with Crippen LogP contribution in [0, 0.1) is 0 Å². The molecule has 6 rings (SSSR count). The molecule has 5 heteroatoms. The van der Waals surface area contributed by atoms with Gasteiger partial charge in [-0.25, -0.2) is 19.5 Å². The molecule has 32 heavy (non-hydrogen) atoms. The zero-order valence-electron chi connectivity index (χ0n) is 17.2. The molecule has 0 aliphatic rings. The molecule has 0 aliphatic heterocycles. The van der Waals surface area contributed by atoms with Crippen LogP contribution < -0.4 is 4.90 Å². The highest BCUT2D eigenvalue weighted by atomic mass is 15.4. The van der Waals surface area contributed by atoms with Gasteiger partial charge in [-0.05, 0) is 42.5 Å². The Morgan fingerprint density at radius 2 is 1.16 bits per heavy atom. The van der Waals surface area contributed by atoms with Gasteiger partial charge in [-0.3, -0.25) is 4.90 Å². The van der Waals surface area contributed by atoms with E-state index in [0.717, 1.165) is 39.3 Å². The third-order valence-electron chi connectivity index (χ3n) is 5.45. The number of fused-ring (bicyclic) bond motifs is 2. The number of hydrogen-bond donors (Lipinski definition) is 0. The highest BCUT2D eigenvalue weighted by molar-refractivity contribution is 5.86. The van der Waals surface area contributed by atoms with Crippen LogP contribution in [0.1, 0.15) is 0 Å². The van der Waals surface area contributed by atoms with E-state index in [1.54, 1.807) is 0 Å². The fourth-order valence-electron chi connectivity index (χ4n) is 3.96. The number of nitrogens with zero attached hydrogens (tertiary/aromatic N) is 5. The zero-order valence-corrected chi connectivity index (χ0v) is 17.2. The normalized spacial score (nSPS) is 11.1. The summed E-state index contributed by atoms with van der Waals surface area (Å²) in [6.45, 7) is 0. The van der Waals surface area contributed by atoms with Crippen molar-refractivity contribution in [2.45, 2.75) is 0 Å². The van der Waals surface area contributed by atoms with Crippen LogP contribution in [0.4, 0.5) is 17.3 Å². The molecule has 152 valence electrons. The second-order valence-electron chi connectivity index (χ2n) is 7.47. The minimum absolute atomic E-state index is 0.587. The summed E-state index contributed by atoms with van der Waals surface area (Å²) in [4.78, 5) is 16.8. The number of rotatable bonds is 4. The molecular formula is C27H19N5. The highest BCUT2D eigenvalue weighted by Gasteiger charge is 2.22. The molecule has 4 aromatic carbocycles. The van der Waals surface area contributed by atoms with Gasteiger partial charge in [-0.2, -0.15) is 0 Å². The summed E-state index contributed by atoms with van der Waals surface area (Å²) < 4.78 is 2.03. The Kier molecular flexibility index (Phi) is 4.36. The Balaban J connectivity index is 1.66. The number of imidazole rings is 1. The van der Waals surface area contributed by atoms with Crippen LogP contribution in [0.5, 0.6) is 0 Å². The van der Waals surface area contributed by atoms with E-state index in [4.69, 9.17) is 15.0 Å². The van der Waals surface area contributed by atoms with Crippen LogP contribution in [0.2, 0.25) is 0 Å². The average molecular weight is 413 g/mol. The molecule has 0 atom stereocenters. The van der Waals surface area contributed by atoms with Gasteiger partial charge < -0.3 is 0 Å². The van der Waals surface area contributed by atoms with Gasteiger partial charge in [0.15, 0.2) is 0 Å². The highest BCUT2D eigenvalue weighted by Crippen LogP contribution is 2.36. The molecule has 0 unspecified atom stereocenters. The van der Waals surface area contributed by atoms with Crippen LogP contribution in [-0.2, 0) is 0 Å². The van der Waals surface area contributed by atoms with Gasteiger partial charge in [0.2, 0.25) is 11.9 Å². The third kappa shape index (κ3) is 3.08. The zero-order chi connectivity index (χ0) is 21.3. The quantitative estimate of drug-likeness (QED) is 0.334. The van der Waals surface area contributed by atoms with Crippen LogP contribution in [-0.4, -0.2) is 19.5 Å². The van der Waals surface area contributed by atoms with Crippen molar-refractivity contribution >= 4 is 39.3 Å². The van der Waals surface area contributed by atoms with Crippen molar-refractivity contribution in [3.8, 4) is 5.95 Å². The van der Waals surface area contributed by atoms with Gasteiger partial charge in [0, 0.05) is 23.0 Å². The number of para-hydroxylation sites is 5. The van der Waals surface area contributed by atoms with Crippen molar-refractivity contribution in [3.05, 3.63) is 115 Å². The summed E-state index contributed by atoms with van der Waals surface area (Å²) in [5, 5.41) is 1.00. The van der Waals surface area contributed by atoms with E-state index < -0.39 is 0 Å². The van der Waals surface area contributed by atoms with Crippen molar-refractivity contribution in [1.82, 2.24) is 19.5 Å². The molecule has 0 bridgehead atoms. The molecule has 0 saturated carbocycles. The Morgan fingerprint density at radius 3 is 1.88 bits per heavy atom. The summed E-state index contributed by atoms with van der Waals surface area (Å²) in [5.74, 6) is 1.32. The molecular weight excluding hydrogens is 394 g/mol. The molecule has 2 aromatic heterocycles. The first-order valence-corrected chi connectivity index (χ1v) is 10.5. The van der Waals surface area contributed by atoms with E-state index >= 15 is 0 Å². The number of hydrogen-bond acceptors (Lipinski definition) is 4. The van der Waals surface area contributed by atoms with E-state index in [1.165, 1.54) is 0 Å². The largest absolute Gasteiger partial charge is 0.280 e. The fourth-order valence-corrected chi connectivity index (χ4v) is 3.96. The second kappa shape index (κ2) is 7.63. The molecule has 0 saturated heterocycles. The van der Waals surface area contributed by atoms with Crippen molar-refractivity contribution in [1.29, 1.82) is 0 Å². The average Bonchev–Trinajstić information content (AvgIpc) is 3.24. The predicted molar refractivity (Wildman–Crippen MR) is 129 cm³/mol. The van der Waals surface area contributed by atoms with E-state index in [1.807, 2.05) is 89.6 Å². The van der Waals surface area contributed by atoms with Gasteiger partial charge in [0.1, 0.15) is 0 Å². The maximum absolute atomic E-state index is 5.03. The first kappa shape index (κ1) is 18.3. The lowest BCUT2D eigenvalue weighted by atomic mass is 10.2. The standard InChI is InChI=1S/C27H19N5/c1-3-12-21(13-4-1)31(22-14-5-2-6-15-22)27-30-24-17-9-10-18-25(24)32(27)26-28-19-20-11-7-8-16-23(20)29-26/h1-19H. The summed E-state index contributed by atoms with van der Waals surface area (Å²) in [6, 6.07) is 36.6. The van der Waals surface area contributed by atoms with Crippen LogP contribution in [0.25, 0.3) is 27.9 Å². The van der Waals surface area contributed by atoms with E-state index in [2.05, 4.69) is 35.2 Å². The first-order valence-electron chi connectivity index (χ1n) is 10.5. The Labute approximate surface area is 185 Å². The molecule has 6 aromatic rings. The van der Waals surface area contributed by atoms with Crippen LogP contribution in [0.15, 0.2) is 115 Å². The van der Waals surface area contributed by atoms with E-state index in [9.17, 15) is 0 Å². The molecule has 0 radical (unpaired) electrons. The first-order chi connectivity index (χ1) is 15.9. The smallest absolute Gasteiger partial charge is 0.237 e. The SMILES string of the molecule is c1ccc(N(c2ccccc2)c2nc3ccccc3n2-c2ncc3ccccc3n2)cc1. The van der Waals surface area contributed by atoms with Crippen molar-refractivity contribution in [2.24, 2.45) is 0 Å². The minimum atomic E-state index is 0.587. The third-order valence-corrected chi connectivity index (χ3v) is 5.45. The lowest BCUT2D eigenvalue weighted by Crippen LogP contribution is -2.16. The molecule has 0 N–H and O–H groups in total. The van der Waals surface area contributed by atoms with Crippen LogP contribution >= 0.6 is 0 Å². The topological polar surface area (TPSA) is 46.8 Å². The molecule has 5 nitrogen and oxygen atoms in total.